The lowest BCUT2D eigenvalue weighted by Crippen LogP contribution is -2.42. The van der Waals surface area contributed by atoms with E-state index in [0.29, 0.717) is 24.2 Å². The molecule has 1 aliphatic carbocycles. The van der Waals surface area contributed by atoms with Crippen LogP contribution in [0, 0.1) is 5.92 Å². The minimum atomic E-state index is 0. The van der Waals surface area contributed by atoms with E-state index in [4.69, 9.17) is 5.73 Å². The van der Waals surface area contributed by atoms with Crippen LogP contribution in [-0.2, 0) is 6.42 Å². The molecule has 0 radical (unpaired) electrons. The van der Waals surface area contributed by atoms with Gasteiger partial charge in [0.15, 0.2) is 0 Å². The van der Waals surface area contributed by atoms with Crippen LogP contribution in [0.1, 0.15) is 48.1 Å². The van der Waals surface area contributed by atoms with Gasteiger partial charge in [-0.25, -0.2) is 4.98 Å². The minimum absolute atomic E-state index is 0. The van der Waals surface area contributed by atoms with Gasteiger partial charge < -0.3 is 10.6 Å². The molecule has 1 aromatic rings. The fourth-order valence-corrected chi connectivity index (χ4v) is 3.64. The molecule has 2 atom stereocenters. The van der Waals surface area contributed by atoms with Crippen molar-refractivity contribution in [2.75, 3.05) is 13.6 Å². The van der Waals surface area contributed by atoms with E-state index in [1.165, 1.54) is 30.6 Å². The van der Waals surface area contributed by atoms with Crippen molar-refractivity contribution in [1.82, 2.24) is 9.88 Å². The van der Waals surface area contributed by atoms with Gasteiger partial charge >= 0.3 is 0 Å². The zero-order valence-electron chi connectivity index (χ0n) is 12.2. The largest absolute Gasteiger partial charge is 0.337 e. The smallest absolute Gasteiger partial charge is 0.273 e. The Morgan fingerprint density at radius 1 is 1.50 bits per heavy atom. The minimum Gasteiger partial charge on any atom is -0.337 e. The highest BCUT2D eigenvalue weighted by molar-refractivity contribution is 7.09. The van der Waals surface area contributed by atoms with Gasteiger partial charge in [0.1, 0.15) is 5.69 Å². The van der Waals surface area contributed by atoms with Crippen LogP contribution in [0.3, 0.4) is 0 Å². The second-order valence-electron chi connectivity index (χ2n) is 5.41. The van der Waals surface area contributed by atoms with Gasteiger partial charge in [-0.2, -0.15) is 0 Å². The molecule has 1 aliphatic rings. The molecule has 0 aliphatic heterocycles. The predicted octanol–water partition coefficient (Wildman–Crippen LogP) is 2.72. The maximum Gasteiger partial charge on any atom is 0.273 e. The Morgan fingerprint density at radius 2 is 2.20 bits per heavy atom. The fraction of sp³-hybridized carbons (Fsp3) is 0.714. The first-order chi connectivity index (χ1) is 9.13. The molecule has 4 nitrogen and oxygen atoms in total. The third-order valence-electron chi connectivity index (χ3n) is 4.01. The Labute approximate surface area is 131 Å². The van der Waals surface area contributed by atoms with Gasteiger partial charge in [-0.1, -0.05) is 19.8 Å². The number of nitrogens with two attached hydrogens (primary N) is 1. The zero-order valence-corrected chi connectivity index (χ0v) is 13.8. The van der Waals surface area contributed by atoms with Crippen LogP contribution in [0.2, 0.25) is 0 Å². The molecule has 6 heteroatoms. The first-order valence-electron chi connectivity index (χ1n) is 7.05. The number of hydrogen-bond donors (Lipinski definition) is 1. The highest BCUT2D eigenvalue weighted by Gasteiger charge is 2.29. The molecule has 1 heterocycles. The van der Waals surface area contributed by atoms with Crippen molar-refractivity contribution in [2.45, 2.75) is 45.1 Å². The SMILES string of the molecule is CC1CCCCC1N(C)C(=O)c1csc(CCN)n1.Cl. The lowest BCUT2D eigenvalue weighted by atomic mass is 9.85. The van der Waals surface area contributed by atoms with E-state index in [0.717, 1.165) is 17.8 Å². The van der Waals surface area contributed by atoms with E-state index in [2.05, 4.69) is 11.9 Å². The molecular weight excluding hydrogens is 294 g/mol. The highest BCUT2D eigenvalue weighted by Crippen LogP contribution is 2.28. The summed E-state index contributed by atoms with van der Waals surface area (Å²) in [4.78, 5) is 18.7. The summed E-state index contributed by atoms with van der Waals surface area (Å²) in [5.74, 6) is 0.642. The Hall–Kier alpha value is -0.650. The van der Waals surface area contributed by atoms with Gasteiger partial charge in [0.2, 0.25) is 0 Å². The lowest BCUT2D eigenvalue weighted by molar-refractivity contribution is 0.0623. The van der Waals surface area contributed by atoms with E-state index in [1.54, 1.807) is 0 Å². The number of carbonyl (C=O) groups excluding carboxylic acids is 1. The average Bonchev–Trinajstić information content (AvgIpc) is 2.87. The summed E-state index contributed by atoms with van der Waals surface area (Å²) >= 11 is 1.53. The second-order valence-corrected chi connectivity index (χ2v) is 6.35. The Balaban J connectivity index is 0.00000200. The highest BCUT2D eigenvalue weighted by atomic mass is 35.5. The van der Waals surface area contributed by atoms with Crippen LogP contribution in [0.5, 0.6) is 0 Å². The predicted molar refractivity (Wildman–Crippen MR) is 85.6 cm³/mol. The van der Waals surface area contributed by atoms with Crippen molar-refractivity contribution >= 4 is 29.7 Å². The topological polar surface area (TPSA) is 59.2 Å². The summed E-state index contributed by atoms with van der Waals surface area (Å²) < 4.78 is 0. The number of aromatic nitrogens is 1. The summed E-state index contributed by atoms with van der Waals surface area (Å²) in [7, 11) is 1.91. The summed E-state index contributed by atoms with van der Waals surface area (Å²) in [5.41, 5.74) is 6.09. The molecule has 0 bridgehead atoms. The number of thiazole rings is 1. The van der Waals surface area contributed by atoms with Crippen LogP contribution in [0.25, 0.3) is 0 Å². The van der Waals surface area contributed by atoms with Gasteiger partial charge in [-0.3, -0.25) is 4.79 Å². The molecule has 2 rings (SSSR count). The van der Waals surface area contributed by atoms with Crippen molar-refractivity contribution in [2.24, 2.45) is 11.7 Å². The van der Waals surface area contributed by atoms with Crippen molar-refractivity contribution < 1.29 is 4.79 Å². The van der Waals surface area contributed by atoms with Crippen LogP contribution in [0.4, 0.5) is 0 Å². The molecular formula is C14H24ClN3OS. The third kappa shape index (κ3) is 3.93. The molecule has 2 N–H and O–H groups in total. The number of rotatable bonds is 4. The lowest BCUT2D eigenvalue weighted by Gasteiger charge is -2.35. The molecule has 114 valence electrons. The Bertz CT molecular complexity index is 438. The van der Waals surface area contributed by atoms with E-state index in [1.807, 2.05) is 17.3 Å². The summed E-state index contributed by atoms with van der Waals surface area (Å²) in [6, 6.07) is 0.362. The van der Waals surface area contributed by atoms with Crippen molar-refractivity contribution in [3.8, 4) is 0 Å². The van der Waals surface area contributed by atoms with Gasteiger partial charge in [0, 0.05) is 24.9 Å². The molecule has 2 unspecified atom stereocenters. The molecule has 1 amide bonds. The van der Waals surface area contributed by atoms with E-state index in [9.17, 15) is 4.79 Å². The standard InChI is InChI=1S/C14H23N3OS.ClH/c1-10-5-3-4-6-12(10)17(2)14(18)11-9-19-13(16-11)7-8-15;/h9-10,12H,3-8,15H2,1-2H3;1H. The van der Waals surface area contributed by atoms with Crippen LogP contribution in [0.15, 0.2) is 5.38 Å². The van der Waals surface area contributed by atoms with Crippen molar-refractivity contribution in [3.63, 3.8) is 0 Å². The normalized spacial score (nSPS) is 22.1. The number of carbonyl (C=O) groups is 1. The maximum absolute atomic E-state index is 12.4. The van der Waals surface area contributed by atoms with E-state index < -0.39 is 0 Å². The quantitative estimate of drug-likeness (QED) is 0.929. The number of amides is 1. The Kier molecular flexibility index (Phi) is 6.92. The van der Waals surface area contributed by atoms with E-state index >= 15 is 0 Å². The van der Waals surface area contributed by atoms with Gasteiger partial charge in [-0.15, -0.1) is 23.7 Å². The van der Waals surface area contributed by atoms with Gasteiger partial charge in [0.05, 0.1) is 5.01 Å². The number of halogens is 1. The van der Waals surface area contributed by atoms with Crippen LogP contribution in [-0.4, -0.2) is 35.4 Å². The Morgan fingerprint density at radius 3 is 2.85 bits per heavy atom. The van der Waals surface area contributed by atoms with Gasteiger partial charge in [0.25, 0.3) is 5.91 Å². The fourth-order valence-electron chi connectivity index (χ4n) is 2.85. The summed E-state index contributed by atoms with van der Waals surface area (Å²) in [5, 5.41) is 2.81. The van der Waals surface area contributed by atoms with Gasteiger partial charge in [-0.05, 0) is 25.3 Å². The van der Waals surface area contributed by atoms with Crippen molar-refractivity contribution in [3.05, 3.63) is 16.1 Å². The maximum atomic E-state index is 12.4. The molecule has 0 aromatic carbocycles. The second kappa shape index (κ2) is 7.96. The molecule has 1 saturated carbocycles. The zero-order chi connectivity index (χ0) is 13.8. The number of nitrogens with zero attached hydrogens (tertiary/aromatic N) is 2. The molecule has 1 fully saturated rings. The molecule has 1 aromatic heterocycles. The number of hydrogen-bond acceptors (Lipinski definition) is 4. The first kappa shape index (κ1) is 17.4. The first-order valence-corrected chi connectivity index (χ1v) is 7.93. The summed E-state index contributed by atoms with van der Waals surface area (Å²) in [6.07, 6.45) is 5.60. The molecule has 0 saturated heterocycles. The van der Waals surface area contributed by atoms with Crippen LogP contribution < -0.4 is 5.73 Å². The molecule has 20 heavy (non-hydrogen) atoms. The van der Waals surface area contributed by atoms with Crippen LogP contribution >= 0.6 is 23.7 Å². The monoisotopic (exact) mass is 317 g/mol. The third-order valence-corrected chi connectivity index (χ3v) is 4.92. The van der Waals surface area contributed by atoms with Crippen molar-refractivity contribution in [1.29, 1.82) is 0 Å². The average molecular weight is 318 g/mol. The molecule has 0 spiro atoms. The van der Waals surface area contributed by atoms with E-state index in [-0.39, 0.29) is 18.3 Å². The summed E-state index contributed by atoms with van der Waals surface area (Å²) in [6.45, 7) is 2.82.